The molecule has 0 atom stereocenters. The average Bonchev–Trinajstić information content (AvgIpc) is 2.89. The number of imidazole rings is 1. The second-order valence-electron chi connectivity index (χ2n) is 4.00. The lowest BCUT2D eigenvalue weighted by Gasteiger charge is -1.97. The number of methoxy groups -OCH3 is 1. The number of H-pyrrole nitrogens is 1. The van der Waals surface area contributed by atoms with E-state index >= 15 is 0 Å². The van der Waals surface area contributed by atoms with Crippen LogP contribution in [0.4, 0.5) is 0 Å². The molecule has 19 heavy (non-hydrogen) atoms. The molecule has 0 amide bonds. The van der Waals surface area contributed by atoms with E-state index in [4.69, 9.17) is 10.00 Å². The molecule has 0 radical (unpaired) electrons. The maximum absolute atomic E-state index is 9.09. The highest BCUT2D eigenvalue weighted by atomic mass is 16.5. The van der Waals surface area contributed by atoms with Gasteiger partial charge in [-0.1, -0.05) is 0 Å². The number of rotatable bonds is 2. The van der Waals surface area contributed by atoms with Crippen LogP contribution in [0.1, 0.15) is 5.56 Å². The average molecular weight is 250 g/mol. The van der Waals surface area contributed by atoms with Crippen molar-refractivity contribution in [2.45, 2.75) is 0 Å². The molecule has 0 aliphatic heterocycles. The SMILES string of the molecule is COc1ccc2nc(-c3ccncc3C#N)[nH]c2c1. The molecule has 0 bridgehead atoms. The van der Waals surface area contributed by atoms with Crippen molar-refractivity contribution in [3.63, 3.8) is 0 Å². The third-order valence-electron chi connectivity index (χ3n) is 2.89. The summed E-state index contributed by atoms with van der Waals surface area (Å²) in [5.74, 6) is 1.42. The van der Waals surface area contributed by atoms with Crippen LogP contribution in [0.2, 0.25) is 0 Å². The molecule has 92 valence electrons. The van der Waals surface area contributed by atoms with Gasteiger partial charge in [0, 0.05) is 24.0 Å². The van der Waals surface area contributed by atoms with Crippen molar-refractivity contribution < 1.29 is 4.74 Å². The van der Waals surface area contributed by atoms with Gasteiger partial charge in [0.1, 0.15) is 17.6 Å². The molecule has 1 aromatic carbocycles. The largest absolute Gasteiger partial charge is 0.497 e. The molecule has 0 aliphatic rings. The Hall–Kier alpha value is -2.87. The Kier molecular flexibility index (Phi) is 2.62. The predicted octanol–water partition coefficient (Wildman–Crippen LogP) is 2.51. The number of nitrogens with one attached hydrogen (secondary N) is 1. The topological polar surface area (TPSA) is 74.6 Å². The van der Waals surface area contributed by atoms with Crippen molar-refractivity contribution in [3.05, 3.63) is 42.2 Å². The number of aromatic nitrogens is 3. The Morgan fingerprint density at radius 3 is 3.00 bits per heavy atom. The molecule has 0 fully saturated rings. The van der Waals surface area contributed by atoms with Gasteiger partial charge in [-0.15, -0.1) is 0 Å². The van der Waals surface area contributed by atoms with Gasteiger partial charge in [-0.25, -0.2) is 4.98 Å². The second kappa shape index (κ2) is 4.42. The molecule has 0 unspecified atom stereocenters. The zero-order valence-corrected chi connectivity index (χ0v) is 10.2. The Balaban J connectivity index is 2.18. The van der Waals surface area contributed by atoms with Crippen molar-refractivity contribution in [1.29, 1.82) is 5.26 Å². The highest BCUT2D eigenvalue weighted by Crippen LogP contribution is 2.25. The first-order chi connectivity index (χ1) is 9.31. The highest BCUT2D eigenvalue weighted by Gasteiger charge is 2.10. The Morgan fingerprint density at radius 1 is 1.32 bits per heavy atom. The lowest BCUT2D eigenvalue weighted by molar-refractivity contribution is 0.415. The molecule has 1 N–H and O–H groups in total. The van der Waals surface area contributed by atoms with Crippen LogP contribution in [-0.2, 0) is 0 Å². The van der Waals surface area contributed by atoms with E-state index in [1.165, 1.54) is 6.20 Å². The molecule has 2 aromatic heterocycles. The van der Waals surface area contributed by atoms with E-state index in [0.29, 0.717) is 11.4 Å². The molecule has 0 aliphatic carbocycles. The maximum atomic E-state index is 9.09. The van der Waals surface area contributed by atoms with Gasteiger partial charge in [0.25, 0.3) is 0 Å². The number of nitrogens with zero attached hydrogens (tertiary/aromatic N) is 3. The molecular weight excluding hydrogens is 240 g/mol. The van der Waals surface area contributed by atoms with Crippen LogP contribution in [-0.4, -0.2) is 22.1 Å². The summed E-state index contributed by atoms with van der Waals surface area (Å²) in [4.78, 5) is 11.6. The fourth-order valence-corrected chi connectivity index (χ4v) is 1.93. The van der Waals surface area contributed by atoms with Gasteiger partial charge >= 0.3 is 0 Å². The smallest absolute Gasteiger partial charge is 0.139 e. The highest BCUT2D eigenvalue weighted by molar-refractivity contribution is 5.81. The first kappa shape index (κ1) is 11.2. The van der Waals surface area contributed by atoms with E-state index in [0.717, 1.165) is 22.3 Å². The van der Waals surface area contributed by atoms with Crippen LogP contribution in [0.15, 0.2) is 36.7 Å². The Bertz CT molecular complexity index is 785. The molecule has 5 heteroatoms. The summed E-state index contributed by atoms with van der Waals surface area (Å²) in [6.07, 6.45) is 3.17. The normalized spacial score (nSPS) is 10.3. The minimum Gasteiger partial charge on any atom is -0.497 e. The number of aromatic amines is 1. The van der Waals surface area contributed by atoms with Crippen LogP contribution >= 0.6 is 0 Å². The number of pyridine rings is 1. The standard InChI is InChI=1S/C14H10N4O/c1-19-10-2-3-12-13(6-10)18-14(17-12)11-4-5-16-8-9(11)7-15/h2-6,8H,1H3,(H,17,18). The van der Waals surface area contributed by atoms with Crippen LogP contribution < -0.4 is 4.74 Å². The predicted molar refractivity (Wildman–Crippen MR) is 70.6 cm³/mol. The number of fused-ring (bicyclic) bond motifs is 1. The minimum absolute atomic E-state index is 0.494. The molecule has 5 nitrogen and oxygen atoms in total. The first-order valence-electron chi connectivity index (χ1n) is 5.70. The number of ether oxygens (including phenoxy) is 1. The summed E-state index contributed by atoms with van der Waals surface area (Å²) in [6.45, 7) is 0. The summed E-state index contributed by atoms with van der Waals surface area (Å²) in [5, 5.41) is 9.09. The number of nitriles is 1. The monoisotopic (exact) mass is 250 g/mol. The molecular formula is C14H10N4O. The Morgan fingerprint density at radius 2 is 2.21 bits per heavy atom. The van der Waals surface area contributed by atoms with E-state index in [2.05, 4.69) is 21.0 Å². The van der Waals surface area contributed by atoms with Gasteiger partial charge < -0.3 is 9.72 Å². The van der Waals surface area contributed by atoms with Crippen LogP contribution in [0.5, 0.6) is 5.75 Å². The summed E-state index contributed by atoms with van der Waals surface area (Å²) < 4.78 is 5.17. The number of benzene rings is 1. The minimum atomic E-state index is 0.494. The van der Waals surface area contributed by atoms with E-state index < -0.39 is 0 Å². The second-order valence-corrected chi connectivity index (χ2v) is 4.00. The van der Waals surface area contributed by atoms with Gasteiger partial charge in [-0.3, -0.25) is 4.98 Å². The van der Waals surface area contributed by atoms with Crippen LogP contribution in [0.3, 0.4) is 0 Å². The van der Waals surface area contributed by atoms with Crippen molar-refractivity contribution in [1.82, 2.24) is 15.0 Å². The maximum Gasteiger partial charge on any atom is 0.139 e. The molecule has 2 heterocycles. The van der Waals surface area contributed by atoms with Crippen molar-refractivity contribution >= 4 is 11.0 Å². The summed E-state index contributed by atoms with van der Waals surface area (Å²) in [7, 11) is 1.62. The lowest BCUT2D eigenvalue weighted by atomic mass is 10.1. The van der Waals surface area contributed by atoms with Gasteiger partial charge in [0.05, 0.1) is 23.7 Å². The quantitative estimate of drug-likeness (QED) is 0.758. The van der Waals surface area contributed by atoms with E-state index in [9.17, 15) is 0 Å². The molecule has 0 saturated heterocycles. The fraction of sp³-hybridized carbons (Fsp3) is 0.0714. The fourth-order valence-electron chi connectivity index (χ4n) is 1.93. The Labute approximate surface area is 109 Å². The van der Waals surface area contributed by atoms with Gasteiger partial charge in [-0.05, 0) is 18.2 Å². The zero-order chi connectivity index (χ0) is 13.2. The summed E-state index contributed by atoms with van der Waals surface area (Å²) >= 11 is 0. The molecule has 3 rings (SSSR count). The van der Waals surface area contributed by atoms with Crippen molar-refractivity contribution in [3.8, 4) is 23.2 Å². The first-order valence-corrected chi connectivity index (χ1v) is 5.70. The molecule has 3 aromatic rings. The zero-order valence-electron chi connectivity index (χ0n) is 10.2. The van der Waals surface area contributed by atoms with E-state index in [1.54, 1.807) is 19.4 Å². The number of hydrogen-bond donors (Lipinski definition) is 1. The van der Waals surface area contributed by atoms with Crippen molar-refractivity contribution in [2.24, 2.45) is 0 Å². The van der Waals surface area contributed by atoms with E-state index in [1.807, 2.05) is 18.2 Å². The van der Waals surface area contributed by atoms with Gasteiger partial charge in [0.15, 0.2) is 0 Å². The van der Waals surface area contributed by atoms with Crippen LogP contribution in [0.25, 0.3) is 22.4 Å². The molecule has 0 saturated carbocycles. The molecule has 0 spiro atoms. The third-order valence-corrected chi connectivity index (χ3v) is 2.89. The number of hydrogen-bond acceptors (Lipinski definition) is 4. The van der Waals surface area contributed by atoms with Gasteiger partial charge in [0.2, 0.25) is 0 Å². The third kappa shape index (κ3) is 1.89. The van der Waals surface area contributed by atoms with Gasteiger partial charge in [-0.2, -0.15) is 5.26 Å². The summed E-state index contributed by atoms with van der Waals surface area (Å²) in [6, 6.07) is 9.49. The summed E-state index contributed by atoms with van der Waals surface area (Å²) in [5.41, 5.74) is 2.94. The van der Waals surface area contributed by atoms with E-state index in [-0.39, 0.29) is 0 Å². The van der Waals surface area contributed by atoms with Crippen molar-refractivity contribution in [2.75, 3.05) is 7.11 Å². The lowest BCUT2D eigenvalue weighted by Crippen LogP contribution is -1.87. The van der Waals surface area contributed by atoms with Crippen LogP contribution in [0, 0.1) is 11.3 Å².